The van der Waals surface area contributed by atoms with Gasteiger partial charge in [-0.2, -0.15) is 5.10 Å². The lowest BCUT2D eigenvalue weighted by molar-refractivity contribution is 0.600. The van der Waals surface area contributed by atoms with Crippen molar-refractivity contribution in [3.63, 3.8) is 0 Å². The molecule has 1 aromatic heterocycles. The molecule has 0 amide bonds. The molecule has 23 heavy (non-hydrogen) atoms. The second-order valence-corrected chi connectivity index (χ2v) is 7.54. The van der Waals surface area contributed by atoms with E-state index in [1.165, 1.54) is 12.1 Å². The first-order chi connectivity index (χ1) is 11.0. The summed E-state index contributed by atoms with van der Waals surface area (Å²) in [5.74, 6) is 0.295. The zero-order valence-corrected chi connectivity index (χ0v) is 14.5. The van der Waals surface area contributed by atoms with Gasteiger partial charge in [0.05, 0.1) is 11.4 Å². The molecule has 2 aromatic carbocycles. The minimum atomic E-state index is -3.64. The van der Waals surface area contributed by atoms with Gasteiger partial charge in [-0.3, -0.25) is 9.40 Å². The third kappa shape index (κ3) is 4.00. The summed E-state index contributed by atoms with van der Waals surface area (Å²) in [4.78, 5) is 0.193. The molecule has 0 aliphatic carbocycles. The van der Waals surface area contributed by atoms with Crippen LogP contribution < -0.4 is 4.72 Å². The lowest BCUT2D eigenvalue weighted by Gasteiger charge is -2.05. The van der Waals surface area contributed by atoms with E-state index in [9.17, 15) is 8.42 Å². The van der Waals surface area contributed by atoms with Crippen LogP contribution in [0.25, 0.3) is 0 Å². The Morgan fingerprint density at radius 2 is 1.70 bits per heavy atom. The maximum Gasteiger partial charge on any atom is 0.263 e. The molecule has 0 aliphatic heterocycles. The van der Waals surface area contributed by atoms with Gasteiger partial charge in [0, 0.05) is 16.7 Å². The van der Waals surface area contributed by atoms with Crippen molar-refractivity contribution in [1.82, 2.24) is 9.78 Å². The van der Waals surface area contributed by atoms with Gasteiger partial charge in [0.1, 0.15) is 0 Å². The van der Waals surface area contributed by atoms with Crippen LogP contribution in [0.1, 0.15) is 5.56 Å². The van der Waals surface area contributed by atoms with Gasteiger partial charge in [0.2, 0.25) is 0 Å². The second-order valence-electron chi connectivity index (χ2n) is 4.94. The predicted molar refractivity (Wildman–Crippen MR) is 92.7 cm³/mol. The molecular formula is C16H14BrN3O2S. The number of halogens is 1. The molecule has 0 saturated carbocycles. The normalized spacial score (nSPS) is 11.3. The SMILES string of the molecule is O=S(=O)(Nc1ccn(Cc2ccccc2)n1)c1ccc(Br)cc1. The van der Waals surface area contributed by atoms with E-state index in [0.717, 1.165) is 10.0 Å². The first kappa shape index (κ1) is 15.8. The van der Waals surface area contributed by atoms with E-state index in [1.807, 2.05) is 30.3 Å². The highest BCUT2D eigenvalue weighted by atomic mass is 79.9. The molecule has 3 rings (SSSR count). The monoisotopic (exact) mass is 391 g/mol. The van der Waals surface area contributed by atoms with Gasteiger partial charge in [-0.1, -0.05) is 46.3 Å². The lowest BCUT2D eigenvalue weighted by atomic mass is 10.2. The highest BCUT2D eigenvalue weighted by Gasteiger charge is 2.15. The van der Waals surface area contributed by atoms with Crippen LogP contribution in [0.5, 0.6) is 0 Å². The maximum absolute atomic E-state index is 12.3. The van der Waals surface area contributed by atoms with Gasteiger partial charge in [-0.25, -0.2) is 8.42 Å². The molecule has 0 unspecified atom stereocenters. The lowest BCUT2D eigenvalue weighted by Crippen LogP contribution is -2.13. The zero-order chi connectivity index (χ0) is 16.3. The van der Waals surface area contributed by atoms with Crippen molar-refractivity contribution < 1.29 is 8.42 Å². The number of benzene rings is 2. The molecule has 0 spiro atoms. The van der Waals surface area contributed by atoms with Crippen LogP contribution in [0.2, 0.25) is 0 Å². The third-order valence-corrected chi connectivity index (χ3v) is 5.09. The molecule has 0 fully saturated rings. The van der Waals surface area contributed by atoms with Gasteiger partial charge in [0.15, 0.2) is 5.82 Å². The van der Waals surface area contributed by atoms with Crippen molar-refractivity contribution >= 4 is 31.8 Å². The zero-order valence-electron chi connectivity index (χ0n) is 12.1. The van der Waals surface area contributed by atoms with Crippen molar-refractivity contribution in [2.24, 2.45) is 0 Å². The van der Waals surface area contributed by atoms with E-state index in [-0.39, 0.29) is 4.90 Å². The summed E-state index contributed by atoms with van der Waals surface area (Å²) in [5, 5.41) is 4.25. The smallest absolute Gasteiger partial charge is 0.263 e. The number of nitrogens with one attached hydrogen (secondary N) is 1. The minimum Gasteiger partial charge on any atom is -0.266 e. The third-order valence-electron chi connectivity index (χ3n) is 3.19. The Kier molecular flexibility index (Phi) is 4.49. The largest absolute Gasteiger partial charge is 0.266 e. The summed E-state index contributed by atoms with van der Waals surface area (Å²) in [5.41, 5.74) is 1.10. The van der Waals surface area contributed by atoms with Crippen molar-refractivity contribution in [3.05, 3.63) is 76.9 Å². The Balaban J connectivity index is 1.74. The van der Waals surface area contributed by atoms with E-state index < -0.39 is 10.0 Å². The average Bonchev–Trinajstić information content (AvgIpc) is 2.95. The van der Waals surface area contributed by atoms with E-state index >= 15 is 0 Å². The van der Waals surface area contributed by atoms with E-state index in [0.29, 0.717) is 12.4 Å². The van der Waals surface area contributed by atoms with E-state index in [1.54, 1.807) is 29.1 Å². The summed E-state index contributed by atoms with van der Waals surface area (Å²) in [6, 6.07) is 17.9. The number of sulfonamides is 1. The quantitative estimate of drug-likeness (QED) is 0.723. The van der Waals surface area contributed by atoms with Gasteiger partial charge in [-0.05, 0) is 29.8 Å². The Morgan fingerprint density at radius 3 is 2.39 bits per heavy atom. The Hall–Kier alpha value is -2.12. The summed E-state index contributed by atoms with van der Waals surface area (Å²) in [6.45, 7) is 0.584. The number of nitrogens with zero attached hydrogens (tertiary/aromatic N) is 2. The fourth-order valence-electron chi connectivity index (χ4n) is 2.08. The molecular weight excluding hydrogens is 378 g/mol. The standard InChI is InChI=1S/C16H14BrN3O2S/c17-14-6-8-15(9-7-14)23(21,22)19-16-10-11-20(18-16)12-13-4-2-1-3-5-13/h1-11H,12H2,(H,18,19). The highest BCUT2D eigenvalue weighted by molar-refractivity contribution is 9.10. The van der Waals surface area contributed by atoms with Crippen molar-refractivity contribution in [1.29, 1.82) is 0 Å². The molecule has 5 nitrogen and oxygen atoms in total. The molecule has 7 heteroatoms. The van der Waals surface area contributed by atoms with Gasteiger partial charge in [0.25, 0.3) is 10.0 Å². The summed E-state index contributed by atoms with van der Waals surface area (Å²) in [7, 11) is -3.64. The van der Waals surface area contributed by atoms with Crippen molar-refractivity contribution in [2.45, 2.75) is 11.4 Å². The number of rotatable bonds is 5. The van der Waals surface area contributed by atoms with Crippen molar-refractivity contribution in [2.75, 3.05) is 4.72 Å². The molecule has 3 aromatic rings. The summed E-state index contributed by atoms with van der Waals surface area (Å²) < 4.78 is 29.6. The van der Waals surface area contributed by atoms with Gasteiger partial charge < -0.3 is 0 Å². The van der Waals surface area contributed by atoms with Crippen LogP contribution in [-0.2, 0) is 16.6 Å². The summed E-state index contributed by atoms with van der Waals surface area (Å²) in [6.07, 6.45) is 1.74. The molecule has 0 atom stereocenters. The van der Waals surface area contributed by atoms with E-state index in [4.69, 9.17) is 0 Å². The second kappa shape index (κ2) is 6.55. The average molecular weight is 392 g/mol. The first-order valence-corrected chi connectivity index (χ1v) is 9.16. The highest BCUT2D eigenvalue weighted by Crippen LogP contribution is 2.17. The molecule has 0 saturated heterocycles. The fraction of sp³-hybridized carbons (Fsp3) is 0.0625. The van der Waals surface area contributed by atoms with Crippen LogP contribution >= 0.6 is 15.9 Å². The number of anilines is 1. The van der Waals surface area contributed by atoms with Crippen LogP contribution in [0.4, 0.5) is 5.82 Å². The molecule has 1 N–H and O–H groups in total. The molecule has 1 heterocycles. The maximum atomic E-state index is 12.3. The van der Waals surface area contributed by atoms with E-state index in [2.05, 4.69) is 25.8 Å². The van der Waals surface area contributed by atoms with Crippen LogP contribution in [0, 0.1) is 0 Å². The minimum absolute atomic E-state index is 0.193. The summed E-state index contributed by atoms with van der Waals surface area (Å²) >= 11 is 3.28. The molecule has 0 bridgehead atoms. The van der Waals surface area contributed by atoms with Crippen LogP contribution in [-0.4, -0.2) is 18.2 Å². The van der Waals surface area contributed by atoms with Crippen LogP contribution in [0.15, 0.2) is 76.2 Å². The van der Waals surface area contributed by atoms with Gasteiger partial charge >= 0.3 is 0 Å². The molecule has 0 aliphatic rings. The molecule has 118 valence electrons. The van der Waals surface area contributed by atoms with Crippen molar-refractivity contribution in [3.8, 4) is 0 Å². The number of hydrogen-bond acceptors (Lipinski definition) is 3. The molecule has 0 radical (unpaired) electrons. The fourth-order valence-corrected chi connectivity index (χ4v) is 3.35. The Morgan fingerprint density at radius 1 is 1.00 bits per heavy atom. The van der Waals surface area contributed by atoms with Gasteiger partial charge in [-0.15, -0.1) is 0 Å². The number of hydrogen-bond donors (Lipinski definition) is 1. The first-order valence-electron chi connectivity index (χ1n) is 6.89. The number of aromatic nitrogens is 2. The Bertz CT molecular complexity index is 891. The predicted octanol–water partition coefficient (Wildman–Crippen LogP) is 3.49. The topological polar surface area (TPSA) is 64.0 Å². The Labute approximate surface area is 143 Å². The van der Waals surface area contributed by atoms with Crippen LogP contribution in [0.3, 0.4) is 0 Å².